The van der Waals surface area contributed by atoms with Crippen LogP contribution in [-0.2, 0) is 11.3 Å². The van der Waals surface area contributed by atoms with Crippen LogP contribution in [-0.4, -0.2) is 37.1 Å². The van der Waals surface area contributed by atoms with E-state index in [9.17, 15) is 9.59 Å². The number of hydrogen-bond donors (Lipinski definition) is 1. The van der Waals surface area contributed by atoms with Gasteiger partial charge in [-0.25, -0.2) is 4.98 Å². The molecule has 2 aromatic heterocycles. The van der Waals surface area contributed by atoms with Crippen molar-refractivity contribution in [1.82, 2.24) is 24.6 Å². The van der Waals surface area contributed by atoms with Crippen LogP contribution in [0.15, 0.2) is 35.1 Å². The van der Waals surface area contributed by atoms with Crippen LogP contribution in [0, 0.1) is 13.8 Å². The molecule has 7 nitrogen and oxygen atoms in total. The van der Waals surface area contributed by atoms with Crippen molar-refractivity contribution in [2.45, 2.75) is 39.3 Å². The molecule has 1 aliphatic rings. The number of rotatable bonds is 3. The molecule has 3 aromatic rings. The molecule has 1 N–H and O–H groups in total. The first-order chi connectivity index (χ1) is 12.5. The standard InChI is InChI=1S/C19H21N5O2/c1-12-10-17(25)14-6-3-4-7-15(14)24(12)11-18(26)23-9-5-8-16(23)19-20-13(2)21-22-19/h3-4,6-7,10,16H,5,8-9,11H2,1-2H3,(H,20,21,22)/t16-/m1/s1. The van der Waals surface area contributed by atoms with Crippen molar-refractivity contribution in [3.05, 3.63) is 57.9 Å². The number of aromatic nitrogens is 4. The number of likely N-dealkylation sites (tertiary alicyclic amines) is 1. The van der Waals surface area contributed by atoms with Gasteiger partial charge in [-0.05, 0) is 38.8 Å². The van der Waals surface area contributed by atoms with Gasteiger partial charge in [-0.15, -0.1) is 0 Å². The molecule has 0 aliphatic carbocycles. The van der Waals surface area contributed by atoms with Crippen molar-refractivity contribution in [3.8, 4) is 0 Å². The lowest BCUT2D eigenvalue weighted by Gasteiger charge is -2.24. The molecule has 0 radical (unpaired) electrons. The van der Waals surface area contributed by atoms with Gasteiger partial charge in [-0.3, -0.25) is 14.7 Å². The van der Waals surface area contributed by atoms with E-state index in [2.05, 4.69) is 15.2 Å². The van der Waals surface area contributed by atoms with Crippen molar-refractivity contribution in [2.75, 3.05) is 6.54 Å². The van der Waals surface area contributed by atoms with E-state index in [0.717, 1.165) is 29.9 Å². The van der Waals surface area contributed by atoms with E-state index in [1.807, 2.05) is 41.5 Å². The number of fused-ring (bicyclic) bond motifs is 1. The Bertz CT molecular complexity index is 1040. The minimum Gasteiger partial charge on any atom is -0.335 e. The number of hydrogen-bond acceptors (Lipinski definition) is 4. The van der Waals surface area contributed by atoms with Crippen LogP contribution >= 0.6 is 0 Å². The van der Waals surface area contributed by atoms with E-state index in [-0.39, 0.29) is 23.9 Å². The fourth-order valence-corrected chi connectivity index (χ4v) is 3.73. The van der Waals surface area contributed by atoms with Gasteiger partial charge in [0.15, 0.2) is 11.3 Å². The van der Waals surface area contributed by atoms with Gasteiger partial charge in [-0.2, -0.15) is 5.10 Å². The van der Waals surface area contributed by atoms with Gasteiger partial charge in [0.1, 0.15) is 12.4 Å². The largest absolute Gasteiger partial charge is 0.335 e. The molecule has 1 saturated heterocycles. The Kier molecular flexibility index (Phi) is 4.06. The van der Waals surface area contributed by atoms with Gasteiger partial charge < -0.3 is 9.47 Å². The Labute approximate surface area is 150 Å². The molecule has 1 amide bonds. The zero-order valence-corrected chi connectivity index (χ0v) is 14.9. The number of aromatic amines is 1. The van der Waals surface area contributed by atoms with Crippen molar-refractivity contribution in [2.24, 2.45) is 0 Å². The summed E-state index contributed by atoms with van der Waals surface area (Å²) in [5.74, 6) is 1.45. The number of pyridine rings is 1. The number of carbonyl (C=O) groups excluding carboxylic acids is 1. The van der Waals surface area contributed by atoms with E-state index in [1.54, 1.807) is 12.1 Å². The maximum atomic E-state index is 13.0. The maximum Gasteiger partial charge on any atom is 0.243 e. The average molecular weight is 351 g/mol. The molecular weight excluding hydrogens is 330 g/mol. The Balaban J connectivity index is 1.66. The molecule has 1 aliphatic heterocycles. The molecule has 1 atom stereocenters. The van der Waals surface area contributed by atoms with Gasteiger partial charge in [0, 0.05) is 23.7 Å². The second kappa shape index (κ2) is 6.40. The Morgan fingerprint density at radius 3 is 2.88 bits per heavy atom. The fourth-order valence-electron chi connectivity index (χ4n) is 3.73. The lowest BCUT2D eigenvalue weighted by Crippen LogP contribution is -2.34. The highest BCUT2D eigenvalue weighted by Crippen LogP contribution is 2.30. The summed E-state index contributed by atoms with van der Waals surface area (Å²) >= 11 is 0. The van der Waals surface area contributed by atoms with Crippen LogP contribution in [0.3, 0.4) is 0 Å². The van der Waals surface area contributed by atoms with E-state index in [1.165, 1.54) is 0 Å². The number of para-hydroxylation sites is 1. The summed E-state index contributed by atoms with van der Waals surface area (Å²) in [6.45, 7) is 4.62. The summed E-state index contributed by atoms with van der Waals surface area (Å²) in [4.78, 5) is 31.5. The summed E-state index contributed by atoms with van der Waals surface area (Å²) in [5, 5.41) is 7.73. The quantitative estimate of drug-likeness (QED) is 0.783. The third-order valence-corrected chi connectivity index (χ3v) is 5.01. The van der Waals surface area contributed by atoms with Crippen LogP contribution in [0.5, 0.6) is 0 Å². The molecule has 3 heterocycles. The third kappa shape index (κ3) is 2.79. The molecule has 134 valence electrons. The maximum absolute atomic E-state index is 13.0. The normalized spacial score (nSPS) is 17.2. The molecule has 0 saturated carbocycles. The second-order valence-corrected chi connectivity index (χ2v) is 6.78. The van der Waals surface area contributed by atoms with Crippen molar-refractivity contribution in [1.29, 1.82) is 0 Å². The van der Waals surface area contributed by atoms with Gasteiger partial charge >= 0.3 is 0 Å². The number of benzene rings is 1. The zero-order chi connectivity index (χ0) is 18.3. The first-order valence-electron chi connectivity index (χ1n) is 8.82. The van der Waals surface area contributed by atoms with Crippen LogP contribution in [0.25, 0.3) is 10.9 Å². The summed E-state index contributed by atoms with van der Waals surface area (Å²) in [7, 11) is 0. The third-order valence-electron chi connectivity index (χ3n) is 5.01. The highest BCUT2D eigenvalue weighted by Gasteiger charge is 2.32. The first kappa shape index (κ1) is 16.5. The molecule has 7 heteroatoms. The molecule has 1 aromatic carbocycles. The minimum absolute atomic E-state index is 0.0166. The highest BCUT2D eigenvalue weighted by atomic mass is 16.2. The number of H-pyrrole nitrogens is 1. The van der Waals surface area contributed by atoms with Gasteiger partial charge in [-0.1, -0.05) is 12.1 Å². The predicted octanol–water partition coefficient (Wildman–Crippen LogP) is 2.10. The topological polar surface area (TPSA) is 83.9 Å². The van der Waals surface area contributed by atoms with E-state index in [4.69, 9.17) is 0 Å². The minimum atomic E-state index is -0.0848. The molecular formula is C19H21N5O2. The van der Waals surface area contributed by atoms with Crippen molar-refractivity contribution >= 4 is 16.8 Å². The van der Waals surface area contributed by atoms with Crippen molar-refractivity contribution in [3.63, 3.8) is 0 Å². The Morgan fingerprint density at radius 1 is 1.31 bits per heavy atom. The van der Waals surface area contributed by atoms with Crippen molar-refractivity contribution < 1.29 is 4.79 Å². The van der Waals surface area contributed by atoms with Crippen LogP contribution < -0.4 is 5.43 Å². The molecule has 26 heavy (non-hydrogen) atoms. The number of nitrogens with zero attached hydrogens (tertiary/aromatic N) is 4. The second-order valence-electron chi connectivity index (χ2n) is 6.78. The van der Waals surface area contributed by atoms with Crippen LogP contribution in [0.2, 0.25) is 0 Å². The summed E-state index contributed by atoms with van der Waals surface area (Å²) in [6, 6.07) is 8.92. The fraction of sp³-hybridized carbons (Fsp3) is 0.368. The Hall–Kier alpha value is -2.96. The lowest BCUT2D eigenvalue weighted by atomic mass is 10.1. The lowest BCUT2D eigenvalue weighted by molar-refractivity contribution is -0.132. The smallest absolute Gasteiger partial charge is 0.243 e. The Morgan fingerprint density at radius 2 is 2.12 bits per heavy atom. The average Bonchev–Trinajstić information content (AvgIpc) is 3.27. The molecule has 1 fully saturated rings. The summed E-state index contributed by atoms with van der Waals surface area (Å²) < 4.78 is 1.91. The molecule has 0 unspecified atom stereocenters. The van der Waals surface area contributed by atoms with Crippen LogP contribution in [0.1, 0.15) is 36.2 Å². The van der Waals surface area contributed by atoms with E-state index < -0.39 is 0 Å². The number of nitrogens with one attached hydrogen (secondary N) is 1. The molecule has 4 rings (SSSR count). The summed E-state index contributed by atoms with van der Waals surface area (Å²) in [6.07, 6.45) is 1.81. The van der Waals surface area contributed by atoms with Crippen LogP contribution in [0.4, 0.5) is 0 Å². The number of aryl methyl sites for hydroxylation is 2. The summed E-state index contributed by atoms with van der Waals surface area (Å²) in [5.41, 5.74) is 1.55. The monoisotopic (exact) mass is 351 g/mol. The van der Waals surface area contributed by atoms with E-state index in [0.29, 0.717) is 17.8 Å². The first-order valence-corrected chi connectivity index (χ1v) is 8.82. The predicted molar refractivity (Wildman–Crippen MR) is 97.8 cm³/mol. The molecule has 0 bridgehead atoms. The van der Waals surface area contributed by atoms with Gasteiger partial charge in [0.25, 0.3) is 0 Å². The van der Waals surface area contributed by atoms with E-state index >= 15 is 0 Å². The SMILES string of the molecule is Cc1nc([C@H]2CCCN2C(=O)Cn2c(C)cc(=O)c3ccccc32)n[nH]1. The van der Waals surface area contributed by atoms with Gasteiger partial charge in [0.05, 0.1) is 11.6 Å². The molecule has 0 spiro atoms. The zero-order valence-electron chi connectivity index (χ0n) is 14.9. The number of amides is 1. The number of carbonyl (C=O) groups is 1. The van der Waals surface area contributed by atoms with Gasteiger partial charge in [0.2, 0.25) is 5.91 Å². The highest BCUT2D eigenvalue weighted by molar-refractivity contribution is 5.83.